The Kier molecular flexibility index (Phi) is 7.18. The maximum atomic E-state index is 12.4. The van der Waals surface area contributed by atoms with Crippen molar-refractivity contribution in [1.29, 1.82) is 0 Å². The van der Waals surface area contributed by atoms with Crippen LogP contribution in [0.2, 0.25) is 5.02 Å². The van der Waals surface area contributed by atoms with Crippen LogP contribution >= 0.6 is 11.6 Å². The third-order valence-electron chi connectivity index (χ3n) is 4.05. The molecule has 0 aliphatic carbocycles. The molecule has 2 amide bonds. The summed E-state index contributed by atoms with van der Waals surface area (Å²) < 4.78 is 0. The Labute approximate surface area is 159 Å². The Hall–Kier alpha value is -2.37. The van der Waals surface area contributed by atoms with E-state index in [4.69, 9.17) is 11.6 Å². The van der Waals surface area contributed by atoms with Gasteiger partial charge in [0, 0.05) is 24.7 Å². The Balaban J connectivity index is 2.03. The van der Waals surface area contributed by atoms with Crippen LogP contribution in [0.1, 0.15) is 36.7 Å². The van der Waals surface area contributed by atoms with E-state index >= 15 is 0 Å². The minimum Gasteiger partial charge on any atom is -0.325 e. The molecule has 0 unspecified atom stereocenters. The summed E-state index contributed by atoms with van der Waals surface area (Å²) >= 11 is 6.13. The van der Waals surface area contributed by atoms with E-state index in [0.717, 1.165) is 19.6 Å². The minimum atomic E-state index is -0.206. The number of benzene rings is 2. The first-order valence-electron chi connectivity index (χ1n) is 8.62. The van der Waals surface area contributed by atoms with E-state index in [1.807, 2.05) is 24.3 Å². The summed E-state index contributed by atoms with van der Waals surface area (Å²) in [5, 5.41) is 5.81. The molecule has 2 N–H and O–H groups in total. The van der Waals surface area contributed by atoms with Gasteiger partial charge < -0.3 is 10.6 Å². The first-order valence-corrected chi connectivity index (χ1v) is 9.00. The van der Waals surface area contributed by atoms with E-state index < -0.39 is 0 Å². The molecular formula is C20H24ClN3O2. The zero-order chi connectivity index (χ0) is 19.1. The highest BCUT2D eigenvalue weighted by molar-refractivity contribution is 6.34. The quantitative estimate of drug-likeness (QED) is 0.756. The Bertz CT molecular complexity index is 771. The lowest BCUT2D eigenvalue weighted by Gasteiger charge is -2.18. The summed E-state index contributed by atoms with van der Waals surface area (Å²) in [6, 6.07) is 12.6. The van der Waals surface area contributed by atoms with E-state index in [0.29, 0.717) is 22.0 Å². The second-order valence-electron chi connectivity index (χ2n) is 5.99. The highest BCUT2D eigenvalue weighted by Gasteiger charge is 2.09. The van der Waals surface area contributed by atoms with Gasteiger partial charge in [-0.25, -0.2) is 0 Å². The predicted molar refractivity (Wildman–Crippen MR) is 107 cm³/mol. The van der Waals surface area contributed by atoms with Crippen molar-refractivity contribution in [3.63, 3.8) is 0 Å². The van der Waals surface area contributed by atoms with Gasteiger partial charge in [-0.05, 0) is 49.0 Å². The number of anilines is 2. The van der Waals surface area contributed by atoms with Gasteiger partial charge in [-0.15, -0.1) is 0 Å². The van der Waals surface area contributed by atoms with Crippen LogP contribution in [0.5, 0.6) is 0 Å². The fourth-order valence-corrected chi connectivity index (χ4v) is 2.78. The molecule has 0 heterocycles. The second-order valence-corrected chi connectivity index (χ2v) is 6.40. The lowest BCUT2D eigenvalue weighted by Crippen LogP contribution is -2.22. The lowest BCUT2D eigenvalue weighted by atomic mass is 10.1. The number of nitrogens with one attached hydrogen (secondary N) is 2. The fourth-order valence-electron chi connectivity index (χ4n) is 2.55. The summed E-state index contributed by atoms with van der Waals surface area (Å²) in [5.41, 5.74) is 2.84. The molecule has 0 atom stereocenters. The van der Waals surface area contributed by atoms with Crippen molar-refractivity contribution in [2.45, 2.75) is 27.3 Å². The number of carbonyl (C=O) groups excluding carboxylic acids is 2. The second kappa shape index (κ2) is 9.36. The van der Waals surface area contributed by atoms with Gasteiger partial charge in [0.05, 0.1) is 10.7 Å². The first kappa shape index (κ1) is 19.9. The molecule has 0 aromatic heterocycles. The summed E-state index contributed by atoms with van der Waals surface area (Å²) in [6.45, 7) is 8.54. The number of carbonyl (C=O) groups is 2. The number of rotatable bonds is 7. The fraction of sp³-hybridized carbons (Fsp3) is 0.300. The van der Waals surface area contributed by atoms with Crippen LogP contribution < -0.4 is 10.6 Å². The lowest BCUT2D eigenvalue weighted by molar-refractivity contribution is -0.114. The summed E-state index contributed by atoms with van der Waals surface area (Å²) in [5.74, 6) is -0.406. The largest absolute Gasteiger partial charge is 0.325 e. The molecule has 0 fully saturated rings. The Morgan fingerprint density at radius 2 is 1.65 bits per heavy atom. The number of nitrogens with zero attached hydrogens (tertiary/aromatic N) is 1. The maximum absolute atomic E-state index is 12.4. The average Bonchev–Trinajstić information content (AvgIpc) is 2.62. The number of amides is 2. The van der Waals surface area contributed by atoms with Crippen molar-refractivity contribution < 1.29 is 9.59 Å². The van der Waals surface area contributed by atoms with Gasteiger partial charge >= 0.3 is 0 Å². The molecule has 26 heavy (non-hydrogen) atoms. The van der Waals surface area contributed by atoms with Crippen molar-refractivity contribution in [3.8, 4) is 0 Å². The van der Waals surface area contributed by atoms with Crippen LogP contribution in [0.3, 0.4) is 0 Å². The molecule has 0 radical (unpaired) electrons. The standard InChI is InChI=1S/C20H24ClN3O2/c1-4-24(5-2)13-15-6-8-16(9-7-15)20(26)23-17-10-11-19(18(21)12-17)22-14(3)25/h6-12H,4-5,13H2,1-3H3,(H,22,25)(H,23,26). The molecular weight excluding hydrogens is 350 g/mol. The van der Waals surface area contributed by atoms with E-state index in [-0.39, 0.29) is 11.8 Å². The number of halogens is 1. The van der Waals surface area contributed by atoms with E-state index in [1.54, 1.807) is 18.2 Å². The minimum absolute atomic E-state index is 0.200. The van der Waals surface area contributed by atoms with Crippen LogP contribution in [-0.2, 0) is 11.3 Å². The zero-order valence-corrected chi connectivity index (χ0v) is 16.1. The highest BCUT2D eigenvalue weighted by atomic mass is 35.5. The van der Waals surface area contributed by atoms with Crippen molar-refractivity contribution in [2.75, 3.05) is 23.7 Å². The van der Waals surface area contributed by atoms with Crippen LogP contribution in [0.15, 0.2) is 42.5 Å². The van der Waals surface area contributed by atoms with Crippen molar-refractivity contribution >= 4 is 34.8 Å². The topological polar surface area (TPSA) is 61.4 Å². The van der Waals surface area contributed by atoms with Crippen molar-refractivity contribution in [2.24, 2.45) is 0 Å². The first-order chi connectivity index (χ1) is 12.4. The molecule has 5 nitrogen and oxygen atoms in total. The van der Waals surface area contributed by atoms with Gasteiger partial charge in [-0.1, -0.05) is 37.6 Å². The molecule has 0 saturated heterocycles. The normalized spacial score (nSPS) is 10.7. The molecule has 2 aromatic carbocycles. The smallest absolute Gasteiger partial charge is 0.255 e. The third kappa shape index (κ3) is 5.58. The molecule has 0 aliphatic heterocycles. The highest BCUT2D eigenvalue weighted by Crippen LogP contribution is 2.25. The van der Waals surface area contributed by atoms with Gasteiger partial charge in [-0.3, -0.25) is 14.5 Å². The van der Waals surface area contributed by atoms with E-state index in [1.165, 1.54) is 12.5 Å². The van der Waals surface area contributed by atoms with Crippen molar-refractivity contribution in [1.82, 2.24) is 4.90 Å². The monoisotopic (exact) mass is 373 g/mol. The SMILES string of the molecule is CCN(CC)Cc1ccc(C(=O)Nc2ccc(NC(C)=O)c(Cl)c2)cc1. The third-order valence-corrected chi connectivity index (χ3v) is 4.37. The zero-order valence-electron chi connectivity index (χ0n) is 15.3. The predicted octanol–water partition coefficient (Wildman–Crippen LogP) is 4.39. The van der Waals surface area contributed by atoms with Crippen LogP contribution in [-0.4, -0.2) is 29.8 Å². The Morgan fingerprint density at radius 1 is 1.00 bits per heavy atom. The molecule has 6 heteroatoms. The van der Waals surface area contributed by atoms with Crippen molar-refractivity contribution in [3.05, 3.63) is 58.6 Å². The summed E-state index contributed by atoms with van der Waals surface area (Å²) in [6.07, 6.45) is 0. The molecule has 0 bridgehead atoms. The van der Waals surface area contributed by atoms with E-state index in [9.17, 15) is 9.59 Å². The Morgan fingerprint density at radius 3 is 2.19 bits per heavy atom. The van der Waals surface area contributed by atoms with Crippen LogP contribution in [0.4, 0.5) is 11.4 Å². The number of hydrogen-bond donors (Lipinski definition) is 2. The molecule has 138 valence electrons. The molecule has 0 aliphatic rings. The van der Waals surface area contributed by atoms with E-state index in [2.05, 4.69) is 29.4 Å². The molecule has 2 rings (SSSR count). The van der Waals surface area contributed by atoms with Gasteiger partial charge in [-0.2, -0.15) is 0 Å². The van der Waals surface area contributed by atoms with Crippen LogP contribution in [0, 0.1) is 0 Å². The van der Waals surface area contributed by atoms with Gasteiger partial charge in [0.15, 0.2) is 0 Å². The average molecular weight is 374 g/mol. The summed E-state index contributed by atoms with van der Waals surface area (Å²) in [7, 11) is 0. The van der Waals surface area contributed by atoms with Gasteiger partial charge in [0.25, 0.3) is 5.91 Å². The molecule has 0 saturated carbocycles. The molecule has 2 aromatic rings. The maximum Gasteiger partial charge on any atom is 0.255 e. The summed E-state index contributed by atoms with van der Waals surface area (Å²) in [4.78, 5) is 25.8. The molecule has 0 spiro atoms. The van der Waals surface area contributed by atoms with Gasteiger partial charge in [0.2, 0.25) is 5.91 Å². The van der Waals surface area contributed by atoms with Gasteiger partial charge in [0.1, 0.15) is 0 Å². The number of hydrogen-bond acceptors (Lipinski definition) is 3. The van der Waals surface area contributed by atoms with Crippen LogP contribution in [0.25, 0.3) is 0 Å².